The van der Waals surface area contributed by atoms with Crippen LogP contribution < -0.4 is 0 Å². The smallest absolute Gasteiger partial charge is 0.461 e. The number of aliphatic imine (C=N–C) groups is 1. The van der Waals surface area contributed by atoms with E-state index in [9.17, 15) is 19.5 Å². The van der Waals surface area contributed by atoms with Crippen LogP contribution in [0.2, 0.25) is 0 Å². The van der Waals surface area contributed by atoms with Crippen LogP contribution in [0.15, 0.2) is 102 Å². The molecule has 2 aliphatic rings. The lowest BCUT2D eigenvalue weighted by Gasteiger charge is -2.24. The molecule has 10 heteroatoms. The molecule has 0 spiro atoms. The molecule has 2 aromatic rings. The molecular formula is C35H39NO8S. The summed E-state index contributed by atoms with van der Waals surface area (Å²) in [5.74, 6) is -1.22. The van der Waals surface area contributed by atoms with Gasteiger partial charge in [0.1, 0.15) is 18.6 Å². The Kier molecular flexibility index (Phi) is 13.9. The van der Waals surface area contributed by atoms with E-state index in [2.05, 4.69) is 11.6 Å². The summed E-state index contributed by atoms with van der Waals surface area (Å²) in [6.45, 7) is 11.8. The normalized spacial score (nSPS) is 20.3. The first kappa shape index (κ1) is 35.1. The van der Waals surface area contributed by atoms with E-state index in [0.717, 1.165) is 34.0 Å². The second-order valence-corrected chi connectivity index (χ2v) is 11.8. The van der Waals surface area contributed by atoms with Crippen molar-refractivity contribution in [2.75, 3.05) is 19.8 Å². The molecule has 4 atom stereocenters. The lowest BCUT2D eigenvalue weighted by Crippen LogP contribution is -2.42. The number of rotatable bonds is 10. The first-order valence-electron chi connectivity index (χ1n) is 14.4. The molecule has 1 N–H and O–H groups in total. The molecule has 0 saturated carbocycles. The van der Waals surface area contributed by atoms with Crippen LogP contribution in [0, 0.1) is 13.8 Å². The van der Waals surface area contributed by atoms with Gasteiger partial charge in [-0.3, -0.25) is 4.99 Å². The summed E-state index contributed by atoms with van der Waals surface area (Å²) in [7, 11) is 0. The number of aliphatic hydroxyl groups excluding tert-OH is 1. The third-order valence-electron chi connectivity index (χ3n) is 6.47. The van der Waals surface area contributed by atoms with Crippen LogP contribution in [0.4, 0.5) is 4.79 Å². The van der Waals surface area contributed by atoms with Crippen LogP contribution in [0.5, 0.6) is 0 Å². The molecule has 4 rings (SSSR count). The Morgan fingerprint density at radius 3 is 2.11 bits per heavy atom. The van der Waals surface area contributed by atoms with Crippen LogP contribution in [0.1, 0.15) is 45.7 Å². The Morgan fingerprint density at radius 1 is 0.933 bits per heavy atom. The molecule has 0 aliphatic carbocycles. The van der Waals surface area contributed by atoms with Crippen molar-refractivity contribution in [3.8, 4) is 0 Å². The lowest BCUT2D eigenvalue weighted by molar-refractivity contribution is -0.0647. The molecule has 45 heavy (non-hydrogen) atoms. The van der Waals surface area contributed by atoms with E-state index in [-0.39, 0.29) is 13.2 Å². The SMILES string of the molecule is C=C(C)/C=C\C=C/C.Cc1ccc(C(=O)OCC2SC(O)C(OC(=O)OCC3=CCN=C3)C2OC(=O)c2ccc(C)cc2)cc1. The number of ether oxygens (including phenoxy) is 4. The summed E-state index contributed by atoms with van der Waals surface area (Å²) >= 11 is 0.982. The maximum Gasteiger partial charge on any atom is 0.509 e. The van der Waals surface area contributed by atoms with Crippen LogP contribution in [0.3, 0.4) is 0 Å². The van der Waals surface area contributed by atoms with Crippen molar-refractivity contribution in [1.82, 2.24) is 0 Å². The fourth-order valence-corrected chi connectivity index (χ4v) is 5.26. The van der Waals surface area contributed by atoms with Crippen molar-refractivity contribution in [2.24, 2.45) is 4.99 Å². The summed E-state index contributed by atoms with van der Waals surface area (Å²) < 4.78 is 21.6. The van der Waals surface area contributed by atoms with Gasteiger partial charge in [-0.25, -0.2) is 14.4 Å². The highest BCUT2D eigenvalue weighted by Gasteiger charge is 2.49. The van der Waals surface area contributed by atoms with Crippen LogP contribution in [0.25, 0.3) is 0 Å². The fraction of sp³-hybridized carbons (Fsp3) is 0.314. The highest BCUT2D eigenvalue weighted by atomic mass is 32.2. The molecule has 2 aliphatic heterocycles. The topological polar surface area (TPSA) is 121 Å². The molecule has 4 unspecified atom stereocenters. The number of hydrogen-bond donors (Lipinski definition) is 1. The third-order valence-corrected chi connectivity index (χ3v) is 7.77. The molecule has 0 radical (unpaired) electrons. The van der Waals surface area contributed by atoms with Crippen LogP contribution in [-0.4, -0.2) is 72.1 Å². The van der Waals surface area contributed by atoms with Crippen LogP contribution in [-0.2, 0) is 18.9 Å². The van der Waals surface area contributed by atoms with E-state index in [4.69, 9.17) is 18.9 Å². The van der Waals surface area contributed by atoms with Gasteiger partial charge < -0.3 is 24.1 Å². The number of benzene rings is 2. The first-order valence-corrected chi connectivity index (χ1v) is 15.3. The largest absolute Gasteiger partial charge is 0.509 e. The van der Waals surface area contributed by atoms with E-state index < -0.39 is 41.0 Å². The van der Waals surface area contributed by atoms with Crippen molar-refractivity contribution in [1.29, 1.82) is 0 Å². The maximum atomic E-state index is 12.9. The highest BCUT2D eigenvalue weighted by Crippen LogP contribution is 2.38. The zero-order chi connectivity index (χ0) is 32.8. The average molecular weight is 634 g/mol. The second-order valence-electron chi connectivity index (χ2n) is 10.4. The Hall–Kier alpha value is -4.41. The Morgan fingerprint density at radius 2 is 1.56 bits per heavy atom. The zero-order valence-corrected chi connectivity index (χ0v) is 26.7. The molecule has 2 aromatic carbocycles. The minimum atomic E-state index is -1.24. The van der Waals surface area contributed by atoms with E-state index >= 15 is 0 Å². The number of aryl methyl sites for hydroxylation is 2. The number of carbonyl (C=O) groups is 3. The molecule has 238 valence electrons. The highest BCUT2D eigenvalue weighted by molar-refractivity contribution is 8.00. The van der Waals surface area contributed by atoms with Gasteiger partial charge in [0.15, 0.2) is 12.2 Å². The standard InChI is InChI=1S/C27H27NO8S.C8H12/c1-16-3-7-19(8-4-16)24(29)33-15-21-22(35-25(30)20-9-5-17(2)6-10-20)23(26(31)37-21)36-27(32)34-14-18-11-12-28-13-18;1-4-5-6-7-8(2)3/h3-11,13,21-23,26,31H,12,14-15H2,1-2H3;4-7H,2H2,1,3H3/b;5-4-,7-6-. The van der Waals surface area contributed by atoms with Gasteiger partial charge in [-0.05, 0) is 52.0 Å². The fourth-order valence-electron chi connectivity index (χ4n) is 4.03. The molecule has 9 nitrogen and oxygen atoms in total. The molecule has 0 amide bonds. The van der Waals surface area contributed by atoms with Gasteiger partial charge in [0.05, 0.1) is 22.9 Å². The van der Waals surface area contributed by atoms with Gasteiger partial charge in [-0.1, -0.05) is 77.9 Å². The maximum absolute atomic E-state index is 12.9. The van der Waals surface area contributed by atoms with Crippen molar-refractivity contribution in [3.63, 3.8) is 0 Å². The minimum absolute atomic E-state index is 0.0380. The predicted octanol–water partition coefficient (Wildman–Crippen LogP) is 6.35. The van der Waals surface area contributed by atoms with Gasteiger partial charge in [-0.15, -0.1) is 11.8 Å². The summed E-state index contributed by atoms with van der Waals surface area (Å²) in [6, 6.07) is 13.6. The first-order chi connectivity index (χ1) is 21.6. The lowest BCUT2D eigenvalue weighted by atomic mass is 10.1. The zero-order valence-electron chi connectivity index (χ0n) is 25.9. The van der Waals surface area contributed by atoms with Gasteiger partial charge in [-0.2, -0.15) is 0 Å². The Bertz CT molecular complexity index is 1440. The van der Waals surface area contributed by atoms with E-state index in [1.807, 2.05) is 52.0 Å². The predicted molar refractivity (Wildman–Crippen MR) is 176 cm³/mol. The van der Waals surface area contributed by atoms with Crippen molar-refractivity contribution < 1.29 is 38.4 Å². The minimum Gasteiger partial charge on any atom is -0.461 e. The molecule has 2 heterocycles. The van der Waals surface area contributed by atoms with Gasteiger partial charge in [0.25, 0.3) is 0 Å². The van der Waals surface area contributed by atoms with Gasteiger partial charge in [0, 0.05) is 11.8 Å². The summed E-state index contributed by atoms with van der Waals surface area (Å²) in [4.78, 5) is 41.8. The molecule has 1 saturated heterocycles. The third kappa shape index (κ3) is 11.6. The Labute approximate surface area is 268 Å². The van der Waals surface area contributed by atoms with Gasteiger partial charge in [0.2, 0.25) is 0 Å². The van der Waals surface area contributed by atoms with E-state index in [1.165, 1.54) is 0 Å². The average Bonchev–Trinajstić information content (AvgIpc) is 3.64. The number of thioether (sulfide) groups is 1. The molecule has 0 aromatic heterocycles. The number of esters is 2. The van der Waals surface area contributed by atoms with Crippen molar-refractivity contribution in [3.05, 3.63) is 119 Å². The number of nitrogens with zero attached hydrogens (tertiary/aromatic N) is 1. The quantitative estimate of drug-likeness (QED) is 0.181. The van der Waals surface area contributed by atoms with Gasteiger partial charge >= 0.3 is 18.1 Å². The molecule has 1 fully saturated rings. The molecule has 0 bridgehead atoms. The van der Waals surface area contributed by atoms with Crippen LogP contribution >= 0.6 is 11.8 Å². The van der Waals surface area contributed by atoms with E-state index in [1.54, 1.807) is 60.8 Å². The van der Waals surface area contributed by atoms with E-state index in [0.29, 0.717) is 17.7 Å². The number of hydrogen-bond acceptors (Lipinski definition) is 10. The molecular weight excluding hydrogens is 594 g/mol. The number of allylic oxidation sites excluding steroid dienone is 5. The monoisotopic (exact) mass is 633 g/mol. The summed E-state index contributed by atoms with van der Waals surface area (Å²) in [5.41, 5.74) is 3.20. The Balaban J connectivity index is 0.000000610. The number of carbonyl (C=O) groups excluding carboxylic acids is 3. The summed E-state index contributed by atoms with van der Waals surface area (Å²) in [6.07, 6.45) is 7.95. The van der Waals surface area contributed by atoms with Crippen molar-refractivity contribution in [2.45, 2.75) is 50.6 Å². The van der Waals surface area contributed by atoms with Crippen molar-refractivity contribution >= 4 is 36.1 Å². The number of aliphatic hydroxyl groups is 1. The summed E-state index contributed by atoms with van der Waals surface area (Å²) in [5, 5.41) is 9.96. The second kappa shape index (κ2) is 17.8.